The molecule has 0 heterocycles. The minimum Gasteiger partial charge on any atom is -0.500 e. The van der Waals surface area contributed by atoms with Gasteiger partial charge in [0.15, 0.2) is 0 Å². The molecular formula is C7H6BClF3O-. The van der Waals surface area contributed by atoms with Gasteiger partial charge in [-0.25, -0.2) is 0 Å². The van der Waals surface area contributed by atoms with Gasteiger partial charge in [0.05, 0.1) is 12.9 Å². The van der Waals surface area contributed by atoms with Gasteiger partial charge in [-0.15, -0.1) is 0 Å². The fourth-order valence-corrected chi connectivity index (χ4v) is 1.14. The third kappa shape index (κ3) is 2.31. The van der Waals surface area contributed by atoms with Crippen molar-refractivity contribution in [1.29, 1.82) is 0 Å². The molecule has 0 bridgehead atoms. The minimum absolute atomic E-state index is 0.0509. The zero-order valence-electron chi connectivity index (χ0n) is 6.73. The SMILES string of the molecule is COc1ccc(Cl)cc1[B-](F)(F)F. The Morgan fingerprint density at radius 3 is 2.38 bits per heavy atom. The Hall–Kier alpha value is -0.835. The van der Waals surface area contributed by atoms with E-state index in [0.29, 0.717) is 0 Å². The Kier molecular flexibility index (Phi) is 2.76. The van der Waals surface area contributed by atoms with Crippen LogP contribution in [0, 0.1) is 0 Å². The smallest absolute Gasteiger partial charge is 0.500 e. The summed E-state index contributed by atoms with van der Waals surface area (Å²) >= 11 is 5.43. The van der Waals surface area contributed by atoms with Gasteiger partial charge in [0.25, 0.3) is 0 Å². The van der Waals surface area contributed by atoms with Crippen molar-refractivity contribution in [1.82, 2.24) is 0 Å². The average molecular weight is 209 g/mol. The summed E-state index contributed by atoms with van der Waals surface area (Å²) in [6.45, 7) is -5.07. The highest BCUT2D eigenvalue weighted by Gasteiger charge is 2.29. The second-order valence-electron chi connectivity index (χ2n) is 2.46. The van der Waals surface area contributed by atoms with Crippen LogP contribution in [0.4, 0.5) is 12.9 Å². The number of ether oxygens (including phenoxy) is 1. The zero-order chi connectivity index (χ0) is 10.1. The van der Waals surface area contributed by atoms with Gasteiger partial charge in [-0.05, 0) is 12.1 Å². The van der Waals surface area contributed by atoms with Gasteiger partial charge in [0.1, 0.15) is 0 Å². The van der Waals surface area contributed by atoms with Gasteiger partial charge < -0.3 is 17.7 Å². The molecule has 0 saturated heterocycles. The number of methoxy groups -OCH3 is 1. The van der Waals surface area contributed by atoms with E-state index in [0.717, 1.165) is 6.07 Å². The molecular weight excluding hydrogens is 203 g/mol. The number of hydrogen-bond acceptors (Lipinski definition) is 1. The topological polar surface area (TPSA) is 9.23 Å². The molecule has 0 N–H and O–H groups in total. The molecule has 13 heavy (non-hydrogen) atoms. The summed E-state index contributed by atoms with van der Waals surface area (Å²) < 4.78 is 41.6. The Morgan fingerprint density at radius 2 is 1.92 bits per heavy atom. The van der Waals surface area contributed by atoms with E-state index in [1.165, 1.54) is 19.2 Å². The van der Waals surface area contributed by atoms with Crippen LogP contribution in [0.1, 0.15) is 0 Å². The molecule has 0 fully saturated rings. The van der Waals surface area contributed by atoms with E-state index in [1.54, 1.807) is 0 Å². The first-order valence-corrected chi connectivity index (χ1v) is 3.86. The van der Waals surface area contributed by atoms with Crippen molar-refractivity contribution in [2.24, 2.45) is 0 Å². The maximum absolute atomic E-state index is 12.3. The van der Waals surface area contributed by atoms with Gasteiger partial charge >= 0.3 is 6.98 Å². The van der Waals surface area contributed by atoms with E-state index in [1.807, 2.05) is 0 Å². The van der Waals surface area contributed by atoms with Crippen LogP contribution < -0.4 is 10.2 Å². The van der Waals surface area contributed by atoms with Gasteiger partial charge in [-0.3, -0.25) is 0 Å². The monoisotopic (exact) mass is 209 g/mol. The van der Waals surface area contributed by atoms with Crippen molar-refractivity contribution in [3.63, 3.8) is 0 Å². The molecule has 0 unspecified atom stereocenters. The predicted octanol–water partition coefficient (Wildman–Crippen LogP) is 2.40. The summed E-state index contributed by atoms with van der Waals surface area (Å²) in [5.74, 6) is -0.197. The highest BCUT2D eigenvalue weighted by molar-refractivity contribution is 6.74. The van der Waals surface area contributed by atoms with Crippen molar-refractivity contribution < 1.29 is 17.7 Å². The quantitative estimate of drug-likeness (QED) is 0.680. The molecule has 0 saturated carbocycles. The van der Waals surface area contributed by atoms with Gasteiger partial charge in [0.2, 0.25) is 0 Å². The number of benzene rings is 1. The van der Waals surface area contributed by atoms with Crippen molar-refractivity contribution in [2.45, 2.75) is 0 Å². The van der Waals surface area contributed by atoms with E-state index in [-0.39, 0.29) is 10.8 Å². The van der Waals surface area contributed by atoms with Crippen LogP contribution in [-0.2, 0) is 0 Å². The number of hydrogen-bond donors (Lipinski definition) is 0. The van der Waals surface area contributed by atoms with Crippen LogP contribution in [0.25, 0.3) is 0 Å². The second-order valence-corrected chi connectivity index (χ2v) is 2.90. The lowest BCUT2D eigenvalue weighted by atomic mass is 9.79. The first-order chi connectivity index (χ1) is 5.95. The molecule has 1 rings (SSSR count). The van der Waals surface area contributed by atoms with E-state index < -0.39 is 12.4 Å². The molecule has 0 atom stereocenters. The molecule has 0 aromatic heterocycles. The summed E-state index contributed by atoms with van der Waals surface area (Å²) in [5, 5.41) is 0.0509. The third-order valence-electron chi connectivity index (χ3n) is 1.54. The number of halogens is 4. The molecule has 0 amide bonds. The summed E-state index contributed by atoms with van der Waals surface area (Å²) in [4.78, 5) is 0. The highest BCUT2D eigenvalue weighted by Crippen LogP contribution is 2.20. The van der Waals surface area contributed by atoms with Crippen LogP contribution >= 0.6 is 11.6 Å². The summed E-state index contributed by atoms with van der Waals surface area (Å²) in [7, 11) is 1.19. The van der Waals surface area contributed by atoms with Gasteiger partial charge in [-0.2, -0.15) is 0 Å². The molecule has 1 nitrogen and oxygen atoms in total. The number of rotatable bonds is 2. The van der Waals surface area contributed by atoms with E-state index in [4.69, 9.17) is 11.6 Å². The van der Waals surface area contributed by atoms with Crippen LogP contribution in [-0.4, -0.2) is 14.1 Å². The lowest BCUT2D eigenvalue weighted by Crippen LogP contribution is -2.35. The Bertz CT molecular complexity index is 313. The Balaban J connectivity index is 3.24. The Morgan fingerprint density at radius 1 is 1.31 bits per heavy atom. The summed E-state index contributed by atoms with van der Waals surface area (Å²) in [5.41, 5.74) is -0.796. The van der Waals surface area contributed by atoms with Crippen molar-refractivity contribution in [3.05, 3.63) is 23.2 Å². The minimum atomic E-state index is -5.07. The van der Waals surface area contributed by atoms with Crippen LogP contribution in [0.3, 0.4) is 0 Å². The lowest BCUT2D eigenvalue weighted by molar-refractivity contribution is 0.412. The van der Waals surface area contributed by atoms with Crippen LogP contribution in [0.5, 0.6) is 5.75 Å². The fourth-order valence-electron chi connectivity index (χ4n) is 0.961. The molecule has 0 radical (unpaired) electrons. The van der Waals surface area contributed by atoms with E-state index >= 15 is 0 Å². The molecule has 0 aliphatic rings. The maximum atomic E-state index is 12.3. The lowest BCUT2D eigenvalue weighted by Gasteiger charge is -2.18. The van der Waals surface area contributed by atoms with Crippen molar-refractivity contribution >= 4 is 24.0 Å². The third-order valence-corrected chi connectivity index (χ3v) is 1.78. The molecule has 1 aromatic rings. The molecule has 6 heteroatoms. The Labute approximate surface area is 78.5 Å². The molecule has 0 aliphatic carbocycles. The van der Waals surface area contributed by atoms with Gasteiger partial charge in [-0.1, -0.05) is 23.1 Å². The van der Waals surface area contributed by atoms with Crippen molar-refractivity contribution in [2.75, 3.05) is 7.11 Å². The molecule has 0 aliphatic heterocycles. The second kappa shape index (κ2) is 3.50. The van der Waals surface area contributed by atoms with Crippen LogP contribution in [0.15, 0.2) is 18.2 Å². The largest absolute Gasteiger partial charge is 0.513 e. The first-order valence-electron chi connectivity index (χ1n) is 3.48. The zero-order valence-corrected chi connectivity index (χ0v) is 7.49. The standard InChI is InChI=1S/C7H6BClF3O/c1-13-7-3-2-5(9)4-6(7)8(10,11)12/h2-4H,1H3/q-1. The first kappa shape index (κ1) is 10.2. The van der Waals surface area contributed by atoms with Crippen molar-refractivity contribution in [3.8, 4) is 5.75 Å². The summed E-state index contributed by atoms with van der Waals surface area (Å²) in [6.07, 6.45) is 0. The molecule has 0 spiro atoms. The van der Waals surface area contributed by atoms with E-state index in [2.05, 4.69) is 4.74 Å². The predicted molar refractivity (Wildman–Crippen MR) is 46.7 cm³/mol. The molecule has 72 valence electrons. The maximum Gasteiger partial charge on any atom is 0.513 e. The normalized spacial score (nSPS) is 11.5. The average Bonchev–Trinajstić information content (AvgIpc) is 2.03. The van der Waals surface area contributed by atoms with E-state index in [9.17, 15) is 12.9 Å². The van der Waals surface area contributed by atoms with Crippen LogP contribution in [0.2, 0.25) is 5.02 Å². The summed E-state index contributed by atoms with van der Waals surface area (Å²) in [6, 6.07) is 3.42. The fraction of sp³-hybridized carbons (Fsp3) is 0.143. The van der Waals surface area contributed by atoms with Gasteiger partial charge in [0, 0.05) is 5.02 Å². The molecule has 1 aromatic carbocycles. The highest BCUT2D eigenvalue weighted by atomic mass is 35.5.